The summed E-state index contributed by atoms with van der Waals surface area (Å²) in [5.74, 6) is -0.679. The molecule has 1 aliphatic carbocycles. The number of carbonyl (C=O) groups is 1. The molecule has 11 nitrogen and oxygen atoms in total. The lowest BCUT2D eigenvalue weighted by atomic mass is 9.98. The first-order valence-corrected chi connectivity index (χ1v) is 11.7. The zero-order valence-electron chi connectivity index (χ0n) is 16.8. The summed E-state index contributed by atoms with van der Waals surface area (Å²) in [6, 6.07) is 1.22. The molecule has 2 heterocycles. The Balaban J connectivity index is 1.45. The van der Waals surface area contributed by atoms with E-state index in [-0.39, 0.29) is 18.6 Å². The van der Waals surface area contributed by atoms with Gasteiger partial charge < -0.3 is 14.4 Å². The number of hydrogen-bond donors (Lipinski definition) is 3. The highest BCUT2D eigenvalue weighted by Crippen LogP contribution is 2.39. The molecule has 4 unspecified atom stereocenters. The van der Waals surface area contributed by atoms with Gasteiger partial charge in [0.25, 0.3) is 5.56 Å². The van der Waals surface area contributed by atoms with Gasteiger partial charge in [-0.15, -0.1) is 0 Å². The fourth-order valence-electron chi connectivity index (χ4n) is 3.80. The predicted molar refractivity (Wildman–Crippen MR) is 106 cm³/mol. The van der Waals surface area contributed by atoms with E-state index in [9.17, 15) is 23.8 Å². The monoisotopic (exact) mass is 445 g/mol. The number of nitrogens with one attached hydrogen (secondary N) is 2. The third-order valence-electron chi connectivity index (χ3n) is 5.29. The topological polar surface area (TPSA) is 149 Å². The third-order valence-corrected chi connectivity index (χ3v) is 6.34. The van der Waals surface area contributed by atoms with E-state index in [4.69, 9.17) is 14.0 Å². The normalized spacial score (nSPS) is 26.9. The number of ether oxygens (including phenoxy) is 2. The van der Waals surface area contributed by atoms with Crippen molar-refractivity contribution in [3.05, 3.63) is 33.1 Å². The highest BCUT2D eigenvalue weighted by Gasteiger charge is 2.35. The molecule has 3 rings (SSSR count). The first kappa shape index (κ1) is 22.9. The minimum absolute atomic E-state index is 0.0845. The zero-order chi connectivity index (χ0) is 21.7. The quantitative estimate of drug-likeness (QED) is 0.394. The Labute approximate surface area is 173 Å². The first-order chi connectivity index (χ1) is 14.2. The van der Waals surface area contributed by atoms with Crippen LogP contribution in [-0.4, -0.2) is 45.8 Å². The van der Waals surface area contributed by atoms with Crippen molar-refractivity contribution >= 4 is 13.7 Å². The molecule has 1 saturated carbocycles. The molecule has 12 heteroatoms. The summed E-state index contributed by atoms with van der Waals surface area (Å²) in [5, 5.41) is 2.21. The van der Waals surface area contributed by atoms with Crippen LogP contribution in [0.4, 0.5) is 0 Å². The molecule has 3 N–H and O–H groups in total. The number of carbonyl (C=O) groups excluding carboxylic acids is 1. The third kappa shape index (κ3) is 6.36. The number of nitrogens with zero attached hydrogens (tertiary/aromatic N) is 1. The van der Waals surface area contributed by atoms with Crippen LogP contribution in [0.5, 0.6) is 0 Å². The summed E-state index contributed by atoms with van der Waals surface area (Å²) in [7, 11) is -4.23. The smallest absolute Gasteiger partial charge is 0.403 e. The average molecular weight is 445 g/mol. The van der Waals surface area contributed by atoms with E-state index in [1.165, 1.54) is 16.8 Å². The number of esters is 1. The van der Waals surface area contributed by atoms with Crippen LogP contribution in [0.1, 0.15) is 51.7 Å². The summed E-state index contributed by atoms with van der Waals surface area (Å²) in [6.07, 6.45) is 5.34. The molecule has 1 aromatic rings. The van der Waals surface area contributed by atoms with Crippen molar-refractivity contribution in [1.29, 1.82) is 0 Å². The predicted octanol–water partition coefficient (Wildman–Crippen LogP) is 1.04. The van der Waals surface area contributed by atoms with Crippen LogP contribution in [0.3, 0.4) is 0 Å². The molecule has 0 aromatic carbocycles. The lowest BCUT2D eigenvalue weighted by Crippen LogP contribution is -2.33. The highest BCUT2D eigenvalue weighted by molar-refractivity contribution is 7.50. The molecule has 1 aromatic heterocycles. The van der Waals surface area contributed by atoms with Gasteiger partial charge in [0.2, 0.25) is 0 Å². The Kier molecular flexibility index (Phi) is 7.65. The van der Waals surface area contributed by atoms with Crippen LogP contribution in [0, 0.1) is 5.92 Å². The summed E-state index contributed by atoms with van der Waals surface area (Å²) >= 11 is 0. The fourth-order valence-corrected chi connectivity index (χ4v) is 4.59. The highest BCUT2D eigenvalue weighted by atomic mass is 31.2. The molecule has 0 bridgehead atoms. The Morgan fingerprint density at radius 3 is 2.80 bits per heavy atom. The maximum atomic E-state index is 12.2. The SMILES string of the molecule is CC1CC(COP(=O)(O)NCC(=O)OC2CCCCC2)OC1n1ccc(=O)[nH]c1=O. The largest absolute Gasteiger partial charge is 0.461 e. The van der Waals surface area contributed by atoms with Crippen molar-refractivity contribution in [2.75, 3.05) is 13.2 Å². The number of hydrogen-bond acceptors (Lipinski definition) is 7. The second-order valence-electron chi connectivity index (χ2n) is 7.78. The first-order valence-electron chi connectivity index (χ1n) is 10.1. The molecule has 4 atom stereocenters. The minimum Gasteiger partial charge on any atom is -0.461 e. The van der Waals surface area contributed by atoms with Crippen molar-refractivity contribution in [1.82, 2.24) is 14.6 Å². The van der Waals surface area contributed by atoms with Gasteiger partial charge in [0.05, 0.1) is 12.7 Å². The Bertz CT molecular complexity index is 894. The van der Waals surface area contributed by atoms with Gasteiger partial charge in [0, 0.05) is 18.2 Å². The molecule has 0 radical (unpaired) electrons. The van der Waals surface area contributed by atoms with Gasteiger partial charge in [0.1, 0.15) is 18.9 Å². The van der Waals surface area contributed by atoms with Gasteiger partial charge in [-0.1, -0.05) is 13.3 Å². The van der Waals surface area contributed by atoms with Gasteiger partial charge in [-0.2, -0.15) is 0 Å². The second-order valence-corrected chi connectivity index (χ2v) is 9.40. The maximum Gasteiger partial charge on any atom is 0.403 e. The van der Waals surface area contributed by atoms with E-state index in [0.29, 0.717) is 6.42 Å². The molecule has 30 heavy (non-hydrogen) atoms. The van der Waals surface area contributed by atoms with E-state index in [1.54, 1.807) is 0 Å². The van der Waals surface area contributed by atoms with Crippen LogP contribution in [-0.2, 0) is 23.4 Å². The van der Waals surface area contributed by atoms with Crippen molar-refractivity contribution in [3.8, 4) is 0 Å². The number of aromatic amines is 1. The van der Waals surface area contributed by atoms with Gasteiger partial charge >= 0.3 is 19.4 Å². The van der Waals surface area contributed by atoms with Crippen molar-refractivity contribution in [2.45, 2.75) is 63.9 Å². The molecular weight excluding hydrogens is 417 g/mol. The molecule has 2 aliphatic rings. The molecular formula is C18H28N3O8P. The van der Waals surface area contributed by atoms with Crippen LogP contribution in [0.2, 0.25) is 0 Å². The Morgan fingerprint density at radius 2 is 2.10 bits per heavy atom. The Hall–Kier alpha value is -1.78. The molecule has 1 aliphatic heterocycles. The minimum atomic E-state index is -4.23. The van der Waals surface area contributed by atoms with E-state index in [2.05, 4.69) is 10.1 Å². The summed E-state index contributed by atoms with van der Waals surface area (Å²) < 4.78 is 29.5. The van der Waals surface area contributed by atoms with Crippen LogP contribution >= 0.6 is 7.75 Å². The number of aromatic nitrogens is 2. The van der Waals surface area contributed by atoms with Gasteiger partial charge in [-0.05, 0) is 32.1 Å². The summed E-state index contributed by atoms with van der Waals surface area (Å²) in [6.45, 7) is 1.24. The van der Waals surface area contributed by atoms with Crippen molar-refractivity contribution in [3.63, 3.8) is 0 Å². The molecule has 2 fully saturated rings. The zero-order valence-corrected chi connectivity index (χ0v) is 17.7. The fraction of sp³-hybridized carbons (Fsp3) is 0.722. The molecule has 168 valence electrons. The lowest BCUT2D eigenvalue weighted by molar-refractivity contribution is -0.149. The van der Waals surface area contributed by atoms with Gasteiger partial charge in [-0.3, -0.25) is 23.7 Å². The van der Waals surface area contributed by atoms with E-state index in [0.717, 1.165) is 32.1 Å². The number of H-pyrrole nitrogens is 1. The maximum absolute atomic E-state index is 12.2. The second kappa shape index (κ2) is 10.0. The lowest BCUT2D eigenvalue weighted by Gasteiger charge is -2.22. The molecule has 0 amide bonds. The van der Waals surface area contributed by atoms with E-state index in [1.807, 2.05) is 6.92 Å². The molecule has 0 spiro atoms. The van der Waals surface area contributed by atoms with E-state index >= 15 is 0 Å². The van der Waals surface area contributed by atoms with Crippen LogP contribution in [0.15, 0.2) is 21.9 Å². The van der Waals surface area contributed by atoms with Gasteiger partial charge in [-0.25, -0.2) is 14.4 Å². The summed E-state index contributed by atoms with van der Waals surface area (Å²) in [4.78, 5) is 47.1. The van der Waals surface area contributed by atoms with E-state index < -0.39 is 43.8 Å². The average Bonchev–Trinajstić information content (AvgIpc) is 3.06. The Morgan fingerprint density at radius 1 is 1.37 bits per heavy atom. The van der Waals surface area contributed by atoms with Crippen molar-refractivity contribution in [2.24, 2.45) is 5.92 Å². The van der Waals surface area contributed by atoms with Crippen molar-refractivity contribution < 1.29 is 28.3 Å². The van der Waals surface area contributed by atoms with Crippen LogP contribution < -0.4 is 16.3 Å². The van der Waals surface area contributed by atoms with Gasteiger partial charge in [0.15, 0.2) is 0 Å². The number of rotatable bonds is 8. The standard InChI is InChI=1S/C18H28N3O8P/c1-12-9-14(29-17(12)21-8-7-15(22)20-18(21)24)11-27-30(25,26)19-10-16(23)28-13-5-3-2-4-6-13/h7-8,12-14,17H,2-6,9-11H2,1H3,(H2,19,25,26)(H,20,22,24). The summed E-state index contributed by atoms with van der Waals surface area (Å²) in [5.41, 5.74) is -1.09. The molecule has 1 saturated heterocycles. The van der Waals surface area contributed by atoms with Crippen LogP contribution in [0.25, 0.3) is 0 Å².